The van der Waals surface area contributed by atoms with Crippen molar-refractivity contribution in [3.05, 3.63) is 52.0 Å². The van der Waals surface area contributed by atoms with Crippen molar-refractivity contribution in [2.75, 3.05) is 19.6 Å². The number of amides is 1. The van der Waals surface area contributed by atoms with Crippen molar-refractivity contribution in [1.82, 2.24) is 15.2 Å². The van der Waals surface area contributed by atoms with Crippen molar-refractivity contribution in [3.8, 4) is 0 Å². The fourth-order valence-electron chi connectivity index (χ4n) is 3.18. The molecule has 1 N–H and O–H groups in total. The van der Waals surface area contributed by atoms with Gasteiger partial charge in [-0.1, -0.05) is 30.3 Å². The van der Waals surface area contributed by atoms with Gasteiger partial charge in [0.2, 0.25) is 5.91 Å². The lowest BCUT2D eigenvalue weighted by molar-refractivity contribution is -0.126. The number of nitrogens with zero attached hydrogens (tertiary/aromatic N) is 2. The molecule has 24 heavy (non-hydrogen) atoms. The summed E-state index contributed by atoms with van der Waals surface area (Å²) in [7, 11) is 0. The largest absolute Gasteiger partial charge is 0.355 e. The number of aromatic nitrogens is 1. The van der Waals surface area contributed by atoms with E-state index in [4.69, 9.17) is 0 Å². The summed E-state index contributed by atoms with van der Waals surface area (Å²) in [4.78, 5) is 19.2. The number of hydrogen-bond acceptors (Lipinski definition) is 4. The standard InChI is InChI=1S/C19H25N3OS/c1-15-21-18(14-24-15)7-10-20-19(23)17-8-11-22(12-9-17)13-16-5-3-2-4-6-16/h2-6,14,17H,7-13H2,1H3,(H,20,23). The summed E-state index contributed by atoms with van der Waals surface area (Å²) in [6.45, 7) is 5.68. The van der Waals surface area contributed by atoms with Gasteiger partial charge in [-0.05, 0) is 38.4 Å². The molecule has 0 bridgehead atoms. The lowest BCUT2D eigenvalue weighted by atomic mass is 9.95. The van der Waals surface area contributed by atoms with E-state index in [1.54, 1.807) is 11.3 Å². The molecule has 1 aromatic heterocycles. The molecule has 1 fully saturated rings. The molecule has 1 saturated heterocycles. The molecule has 5 heteroatoms. The maximum atomic E-state index is 12.3. The highest BCUT2D eigenvalue weighted by molar-refractivity contribution is 7.09. The fourth-order valence-corrected chi connectivity index (χ4v) is 3.82. The third-order valence-electron chi connectivity index (χ3n) is 4.55. The van der Waals surface area contributed by atoms with Crippen LogP contribution in [0.15, 0.2) is 35.7 Å². The molecule has 0 unspecified atom stereocenters. The van der Waals surface area contributed by atoms with Crippen LogP contribution >= 0.6 is 11.3 Å². The van der Waals surface area contributed by atoms with Gasteiger partial charge in [-0.3, -0.25) is 9.69 Å². The molecule has 1 aliphatic rings. The number of benzene rings is 1. The van der Waals surface area contributed by atoms with Crippen molar-refractivity contribution in [2.45, 2.75) is 32.7 Å². The Labute approximate surface area is 147 Å². The second-order valence-electron chi connectivity index (χ2n) is 6.43. The molecule has 1 aliphatic heterocycles. The summed E-state index contributed by atoms with van der Waals surface area (Å²) in [6.07, 6.45) is 2.73. The van der Waals surface area contributed by atoms with Crippen molar-refractivity contribution >= 4 is 17.2 Å². The van der Waals surface area contributed by atoms with Gasteiger partial charge >= 0.3 is 0 Å². The van der Waals surface area contributed by atoms with Gasteiger partial charge in [-0.15, -0.1) is 11.3 Å². The van der Waals surface area contributed by atoms with Crippen molar-refractivity contribution < 1.29 is 4.79 Å². The van der Waals surface area contributed by atoms with Crippen LogP contribution in [-0.4, -0.2) is 35.4 Å². The third kappa shape index (κ3) is 4.89. The number of carbonyl (C=O) groups is 1. The second-order valence-corrected chi connectivity index (χ2v) is 7.50. The summed E-state index contributed by atoms with van der Waals surface area (Å²) in [5, 5.41) is 6.24. The van der Waals surface area contributed by atoms with Gasteiger partial charge in [0, 0.05) is 30.8 Å². The van der Waals surface area contributed by atoms with Gasteiger partial charge in [0.25, 0.3) is 0 Å². The van der Waals surface area contributed by atoms with Crippen LogP contribution in [0.5, 0.6) is 0 Å². The Balaban J connectivity index is 1.37. The zero-order valence-corrected chi connectivity index (χ0v) is 15.0. The highest BCUT2D eigenvalue weighted by Gasteiger charge is 2.24. The van der Waals surface area contributed by atoms with Crippen molar-refractivity contribution in [1.29, 1.82) is 0 Å². The van der Waals surface area contributed by atoms with Gasteiger partial charge in [-0.2, -0.15) is 0 Å². The molecule has 0 radical (unpaired) electrons. The van der Waals surface area contributed by atoms with Crippen LogP contribution in [0.4, 0.5) is 0 Å². The third-order valence-corrected chi connectivity index (χ3v) is 5.38. The SMILES string of the molecule is Cc1nc(CCNC(=O)C2CCN(Cc3ccccc3)CC2)cs1. The van der Waals surface area contributed by atoms with Crippen LogP contribution in [0.2, 0.25) is 0 Å². The molecule has 128 valence electrons. The van der Waals surface area contributed by atoms with Crippen LogP contribution in [-0.2, 0) is 17.8 Å². The van der Waals surface area contributed by atoms with Gasteiger partial charge < -0.3 is 5.32 Å². The summed E-state index contributed by atoms with van der Waals surface area (Å²) >= 11 is 1.66. The molecule has 3 rings (SSSR count). The quantitative estimate of drug-likeness (QED) is 0.877. The molecule has 0 aliphatic carbocycles. The monoisotopic (exact) mass is 343 g/mol. The first-order valence-electron chi connectivity index (χ1n) is 8.66. The summed E-state index contributed by atoms with van der Waals surface area (Å²) in [5.41, 5.74) is 2.43. The minimum atomic E-state index is 0.161. The van der Waals surface area contributed by atoms with Crippen LogP contribution in [0.3, 0.4) is 0 Å². The highest BCUT2D eigenvalue weighted by atomic mass is 32.1. The lowest BCUT2D eigenvalue weighted by Gasteiger charge is -2.31. The first-order valence-corrected chi connectivity index (χ1v) is 9.53. The minimum Gasteiger partial charge on any atom is -0.355 e. The number of carbonyl (C=O) groups excluding carboxylic acids is 1. The van der Waals surface area contributed by atoms with Crippen LogP contribution in [0.1, 0.15) is 29.1 Å². The molecule has 0 atom stereocenters. The molecule has 1 aromatic carbocycles. The smallest absolute Gasteiger partial charge is 0.223 e. The van der Waals surface area contributed by atoms with E-state index < -0.39 is 0 Å². The number of hydrogen-bond donors (Lipinski definition) is 1. The summed E-state index contributed by atoms with van der Waals surface area (Å²) in [5.74, 6) is 0.371. The molecular weight excluding hydrogens is 318 g/mol. The van der Waals surface area contributed by atoms with E-state index in [-0.39, 0.29) is 11.8 Å². The Morgan fingerprint density at radius 1 is 1.29 bits per heavy atom. The maximum Gasteiger partial charge on any atom is 0.223 e. The van der Waals surface area contributed by atoms with Crippen molar-refractivity contribution in [3.63, 3.8) is 0 Å². The van der Waals surface area contributed by atoms with Gasteiger partial charge in [0.15, 0.2) is 0 Å². The highest BCUT2D eigenvalue weighted by Crippen LogP contribution is 2.19. The topological polar surface area (TPSA) is 45.2 Å². The number of likely N-dealkylation sites (tertiary alicyclic amines) is 1. The zero-order valence-electron chi connectivity index (χ0n) is 14.2. The number of piperidine rings is 1. The van der Waals surface area contributed by atoms with Crippen LogP contribution < -0.4 is 5.32 Å². The number of aryl methyl sites for hydroxylation is 1. The van der Waals surface area contributed by atoms with E-state index in [2.05, 4.69) is 44.8 Å². The van der Waals surface area contributed by atoms with E-state index in [0.29, 0.717) is 6.54 Å². The van der Waals surface area contributed by atoms with Crippen LogP contribution in [0.25, 0.3) is 0 Å². The van der Waals surface area contributed by atoms with E-state index in [1.165, 1.54) is 5.56 Å². The fraction of sp³-hybridized carbons (Fsp3) is 0.474. The summed E-state index contributed by atoms with van der Waals surface area (Å²) < 4.78 is 0. The van der Waals surface area contributed by atoms with Crippen molar-refractivity contribution in [2.24, 2.45) is 5.92 Å². The Morgan fingerprint density at radius 3 is 2.71 bits per heavy atom. The van der Waals surface area contributed by atoms with Gasteiger partial charge in [0.1, 0.15) is 0 Å². The Hall–Kier alpha value is -1.72. The van der Waals surface area contributed by atoms with Crippen LogP contribution in [0, 0.1) is 12.8 Å². The Morgan fingerprint density at radius 2 is 2.04 bits per heavy atom. The first kappa shape index (κ1) is 17.1. The van der Waals surface area contributed by atoms with E-state index in [9.17, 15) is 4.79 Å². The van der Waals surface area contributed by atoms with Gasteiger partial charge in [0.05, 0.1) is 10.7 Å². The zero-order chi connectivity index (χ0) is 16.8. The maximum absolute atomic E-state index is 12.3. The molecule has 2 aromatic rings. The molecule has 2 heterocycles. The molecule has 4 nitrogen and oxygen atoms in total. The molecular formula is C19H25N3OS. The average Bonchev–Trinajstić information content (AvgIpc) is 3.02. The van der Waals surface area contributed by atoms with E-state index >= 15 is 0 Å². The Kier molecular flexibility index (Phi) is 5.99. The number of rotatable bonds is 6. The predicted molar refractivity (Wildman–Crippen MR) is 98.0 cm³/mol. The normalized spacial score (nSPS) is 16.2. The first-order chi connectivity index (χ1) is 11.7. The average molecular weight is 343 g/mol. The predicted octanol–water partition coefficient (Wildman–Crippen LogP) is 3.02. The second kappa shape index (κ2) is 8.40. The molecule has 0 saturated carbocycles. The molecule has 1 amide bonds. The molecule has 0 spiro atoms. The van der Waals surface area contributed by atoms with E-state index in [0.717, 1.165) is 49.6 Å². The lowest BCUT2D eigenvalue weighted by Crippen LogP contribution is -2.40. The summed E-state index contributed by atoms with van der Waals surface area (Å²) in [6, 6.07) is 10.5. The van der Waals surface area contributed by atoms with E-state index in [1.807, 2.05) is 13.0 Å². The number of thiazole rings is 1. The van der Waals surface area contributed by atoms with Gasteiger partial charge in [-0.25, -0.2) is 4.98 Å². The number of nitrogens with one attached hydrogen (secondary N) is 1. The minimum absolute atomic E-state index is 0.161. The Bertz CT molecular complexity index is 648.